The van der Waals surface area contributed by atoms with Crippen LogP contribution in [0.1, 0.15) is 28.2 Å². The molecule has 1 N–H and O–H groups in total. The summed E-state index contributed by atoms with van der Waals surface area (Å²) in [6, 6.07) is 6.70. The van der Waals surface area contributed by atoms with Crippen molar-refractivity contribution in [2.45, 2.75) is 13.0 Å². The van der Waals surface area contributed by atoms with Gasteiger partial charge >= 0.3 is 5.97 Å². The zero-order chi connectivity index (χ0) is 15.2. The SMILES string of the molecule is C[C@H](NC(=O)COC(=O)c1ccc(Cl)nc1)c1cccs1. The molecule has 5 nitrogen and oxygen atoms in total. The standard InChI is InChI=1S/C14H13ClN2O3S/c1-9(11-3-2-6-21-11)17-13(18)8-20-14(19)10-4-5-12(15)16-7-10/h2-7,9H,8H2,1H3,(H,17,18)/t9-/m0/s1. The van der Waals surface area contributed by atoms with E-state index in [9.17, 15) is 9.59 Å². The van der Waals surface area contributed by atoms with Crippen molar-refractivity contribution >= 4 is 34.8 Å². The number of pyridine rings is 1. The number of amides is 1. The van der Waals surface area contributed by atoms with E-state index in [4.69, 9.17) is 16.3 Å². The highest BCUT2D eigenvalue weighted by Crippen LogP contribution is 2.17. The van der Waals surface area contributed by atoms with Crippen molar-refractivity contribution in [1.82, 2.24) is 10.3 Å². The maximum Gasteiger partial charge on any atom is 0.340 e. The van der Waals surface area contributed by atoms with Crippen LogP contribution in [0.15, 0.2) is 35.8 Å². The summed E-state index contributed by atoms with van der Waals surface area (Å²) in [5.74, 6) is -0.968. The van der Waals surface area contributed by atoms with E-state index < -0.39 is 5.97 Å². The van der Waals surface area contributed by atoms with Crippen LogP contribution in [-0.4, -0.2) is 23.5 Å². The molecule has 7 heteroatoms. The molecule has 0 aliphatic carbocycles. The molecule has 0 unspecified atom stereocenters. The number of carbonyl (C=O) groups is 2. The van der Waals surface area contributed by atoms with Crippen molar-refractivity contribution in [1.29, 1.82) is 0 Å². The van der Waals surface area contributed by atoms with E-state index in [1.807, 2.05) is 24.4 Å². The quantitative estimate of drug-likeness (QED) is 0.678. The van der Waals surface area contributed by atoms with Crippen LogP contribution >= 0.6 is 22.9 Å². The molecule has 0 radical (unpaired) electrons. The smallest absolute Gasteiger partial charge is 0.340 e. The number of nitrogens with zero attached hydrogens (tertiary/aromatic N) is 1. The average molecular weight is 325 g/mol. The Labute approximate surface area is 130 Å². The third kappa shape index (κ3) is 4.54. The minimum Gasteiger partial charge on any atom is -0.452 e. The van der Waals surface area contributed by atoms with E-state index in [1.165, 1.54) is 18.3 Å². The molecule has 0 bridgehead atoms. The molecular formula is C14H13ClN2O3S. The number of halogens is 1. The van der Waals surface area contributed by atoms with Gasteiger partial charge in [-0.2, -0.15) is 0 Å². The predicted octanol–water partition coefficient (Wildman–Crippen LogP) is 2.83. The summed E-state index contributed by atoms with van der Waals surface area (Å²) < 4.78 is 4.92. The number of thiophene rings is 1. The van der Waals surface area contributed by atoms with Gasteiger partial charge in [0.1, 0.15) is 5.15 Å². The Balaban J connectivity index is 1.81. The summed E-state index contributed by atoms with van der Waals surface area (Å²) in [7, 11) is 0. The second-order valence-corrected chi connectivity index (χ2v) is 5.62. The lowest BCUT2D eigenvalue weighted by atomic mass is 10.3. The fourth-order valence-corrected chi connectivity index (χ4v) is 2.45. The van der Waals surface area contributed by atoms with Gasteiger partial charge in [-0.15, -0.1) is 11.3 Å². The molecule has 2 heterocycles. The molecule has 2 aromatic rings. The van der Waals surface area contributed by atoms with Crippen LogP contribution in [0.2, 0.25) is 5.15 Å². The number of carbonyl (C=O) groups excluding carboxylic acids is 2. The number of nitrogens with one attached hydrogen (secondary N) is 1. The summed E-state index contributed by atoms with van der Waals surface area (Å²) in [6.45, 7) is 1.53. The van der Waals surface area contributed by atoms with E-state index in [-0.39, 0.29) is 29.3 Å². The van der Waals surface area contributed by atoms with Gasteiger partial charge in [0, 0.05) is 11.1 Å². The maximum absolute atomic E-state index is 11.7. The third-order valence-corrected chi connectivity index (χ3v) is 3.92. The first-order valence-electron chi connectivity index (χ1n) is 6.17. The minimum absolute atomic E-state index is 0.117. The zero-order valence-corrected chi connectivity index (χ0v) is 12.8. The minimum atomic E-state index is -0.613. The average Bonchev–Trinajstić information content (AvgIpc) is 3.00. The molecular weight excluding hydrogens is 312 g/mol. The van der Waals surface area contributed by atoms with Gasteiger partial charge in [-0.25, -0.2) is 9.78 Å². The van der Waals surface area contributed by atoms with Gasteiger partial charge in [0.05, 0.1) is 11.6 Å². The lowest BCUT2D eigenvalue weighted by Crippen LogP contribution is -2.30. The molecule has 0 saturated heterocycles. The Morgan fingerprint density at radius 1 is 1.43 bits per heavy atom. The second kappa shape index (κ2) is 7.19. The molecule has 1 atom stereocenters. The number of ether oxygens (including phenoxy) is 1. The Morgan fingerprint density at radius 3 is 2.86 bits per heavy atom. The van der Waals surface area contributed by atoms with Crippen LogP contribution in [0.5, 0.6) is 0 Å². The fraction of sp³-hybridized carbons (Fsp3) is 0.214. The van der Waals surface area contributed by atoms with Crippen LogP contribution in [0.25, 0.3) is 0 Å². The Bertz CT molecular complexity index is 614. The third-order valence-electron chi connectivity index (χ3n) is 2.64. The summed E-state index contributed by atoms with van der Waals surface area (Å²) in [5.41, 5.74) is 0.249. The van der Waals surface area contributed by atoms with Crippen LogP contribution in [-0.2, 0) is 9.53 Å². The Kier molecular flexibility index (Phi) is 5.30. The van der Waals surface area contributed by atoms with Gasteiger partial charge in [0.15, 0.2) is 6.61 Å². The van der Waals surface area contributed by atoms with Crippen LogP contribution < -0.4 is 5.32 Å². The topological polar surface area (TPSA) is 68.3 Å². The molecule has 0 aliphatic heterocycles. The first-order chi connectivity index (χ1) is 10.1. The molecule has 0 spiro atoms. The number of hydrogen-bond acceptors (Lipinski definition) is 5. The van der Waals surface area contributed by atoms with Gasteiger partial charge in [0.25, 0.3) is 5.91 Å². The van der Waals surface area contributed by atoms with E-state index in [0.717, 1.165) is 4.88 Å². The molecule has 0 fully saturated rings. The van der Waals surface area contributed by atoms with E-state index >= 15 is 0 Å². The monoisotopic (exact) mass is 324 g/mol. The van der Waals surface area contributed by atoms with Crippen molar-refractivity contribution in [2.75, 3.05) is 6.61 Å². The van der Waals surface area contributed by atoms with Crippen molar-refractivity contribution in [2.24, 2.45) is 0 Å². The lowest BCUT2D eigenvalue weighted by molar-refractivity contribution is -0.124. The lowest BCUT2D eigenvalue weighted by Gasteiger charge is -2.12. The Morgan fingerprint density at radius 2 is 2.24 bits per heavy atom. The van der Waals surface area contributed by atoms with Gasteiger partial charge < -0.3 is 10.1 Å². The molecule has 21 heavy (non-hydrogen) atoms. The van der Waals surface area contributed by atoms with Gasteiger partial charge in [0.2, 0.25) is 0 Å². The molecule has 0 saturated carbocycles. The molecule has 2 rings (SSSR count). The first kappa shape index (κ1) is 15.5. The van der Waals surface area contributed by atoms with Crippen molar-refractivity contribution in [3.8, 4) is 0 Å². The Hall–Kier alpha value is -1.92. The zero-order valence-electron chi connectivity index (χ0n) is 11.2. The summed E-state index contributed by atoms with van der Waals surface area (Å²) in [5, 5.41) is 4.98. The first-order valence-corrected chi connectivity index (χ1v) is 7.43. The molecule has 0 aromatic carbocycles. The van der Waals surface area contributed by atoms with Crippen molar-refractivity contribution in [3.05, 3.63) is 51.4 Å². The van der Waals surface area contributed by atoms with Crippen molar-refractivity contribution in [3.63, 3.8) is 0 Å². The highest BCUT2D eigenvalue weighted by Gasteiger charge is 2.13. The van der Waals surface area contributed by atoms with Gasteiger partial charge in [-0.3, -0.25) is 4.79 Å². The van der Waals surface area contributed by atoms with Gasteiger partial charge in [-0.05, 0) is 30.5 Å². The van der Waals surface area contributed by atoms with Crippen LogP contribution in [0, 0.1) is 0 Å². The highest BCUT2D eigenvalue weighted by atomic mass is 35.5. The highest BCUT2D eigenvalue weighted by molar-refractivity contribution is 7.10. The molecule has 2 aromatic heterocycles. The predicted molar refractivity (Wildman–Crippen MR) is 80.4 cm³/mol. The van der Waals surface area contributed by atoms with E-state index in [2.05, 4.69) is 10.3 Å². The number of rotatable bonds is 5. The number of hydrogen-bond donors (Lipinski definition) is 1. The molecule has 1 amide bonds. The second-order valence-electron chi connectivity index (χ2n) is 4.25. The van der Waals surface area contributed by atoms with Crippen LogP contribution in [0.4, 0.5) is 0 Å². The summed E-state index contributed by atoms with van der Waals surface area (Å²) >= 11 is 7.18. The van der Waals surface area contributed by atoms with Crippen LogP contribution in [0.3, 0.4) is 0 Å². The fourth-order valence-electron chi connectivity index (χ4n) is 1.60. The molecule has 0 aliphatic rings. The van der Waals surface area contributed by atoms with Crippen molar-refractivity contribution < 1.29 is 14.3 Å². The summed E-state index contributed by atoms with van der Waals surface area (Å²) in [4.78, 5) is 28.2. The normalized spacial score (nSPS) is 11.7. The largest absolute Gasteiger partial charge is 0.452 e. The van der Waals surface area contributed by atoms with Gasteiger partial charge in [-0.1, -0.05) is 17.7 Å². The molecule has 110 valence electrons. The van der Waals surface area contributed by atoms with E-state index in [1.54, 1.807) is 11.3 Å². The number of aromatic nitrogens is 1. The summed E-state index contributed by atoms with van der Waals surface area (Å²) in [6.07, 6.45) is 1.30. The van der Waals surface area contributed by atoms with E-state index in [0.29, 0.717) is 0 Å². The number of esters is 1. The maximum atomic E-state index is 11.7.